The van der Waals surface area contributed by atoms with Crippen LogP contribution in [0.15, 0.2) is 12.1 Å². The third kappa shape index (κ3) is 3.51. The zero-order valence-electron chi connectivity index (χ0n) is 12.3. The van der Waals surface area contributed by atoms with Crippen molar-refractivity contribution < 1.29 is 14.0 Å². The molecule has 0 aliphatic carbocycles. The summed E-state index contributed by atoms with van der Waals surface area (Å²) in [6.45, 7) is 4.57. The lowest BCUT2D eigenvalue weighted by atomic mass is 10.1. The number of likely N-dealkylation sites (tertiary alicyclic amines) is 1. The zero-order chi connectivity index (χ0) is 15.6. The van der Waals surface area contributed by atoms with Gasteiger partial charge in [0.15, 0.2) is 0 Å². The highest BCUT2D eigenvalue weighted by molar-refractivity contribution is 5.95. The van der Waals surface area contributed by atoms with E-state index in [9.17, 15) is 14.0 Å². The topological polar surface area (TPSA) is 75.4 Å². The molecule has 21 heavy (non-hydrogen) atoms. The number of nitrogen functional groups attached to an aromatic ring is 1. The van der Waals surface area contributed by atoms with Gasteiger partial charge in [-0.25, -0.2) is 4.39 Å². The van der Waals surface area contributed by atoms with Gasteiger partial charge in [-0.15, -0.1) is 0 Å². The maximum atomic E-state index is 13.6. The maximum Gasteiger partial charge on any atom is 0.251 e. The maximum absolute atomic E-state index is 13.6. The van der Waals surface area contributed by atoms with E-state index in [0.29, 0.717) is 18.5 Å². The highest BCUT2D eigenvalue weighted by atomic mass is 19.1. The molecule has 1 heterocycles. The van der Waals surface area contributed by atoms with E-state index in [-0.39, 0.29) is 29.1 Å². The van der Waals surface area contributed by atoms with Crippen LogP contribution in [-0.2, 0) is 4.79 Å². The van der Waals surface area contributed by atoms with E-state index < -0.39 is 5.82 Å². The Morgan fingerprint density at radius 3 is 2.81 bits per heavy atom. The van der Waals surface area contributed by atoms with Crippen LogP contribution in [0.1, 0.15) is 35.7 Å². The summed E-state index contributed by atoms with van der Waals surface area (Å²) in [6, 6.07) is 2.43. The second-order valence-electron chi connectivity index (χ2n) is 5.49. The highest BCUT2D eigenvalue weighted by Crippen LogP contribution is 2.17. The van der Waals surface area contributed by atoms with E-state index in [0.717, 1.165) is 13.0 Å². The Morgan fingerprint density at radius 2 is 2.24 bits per heavy atom. The molecule has 1 fully saturated rings. The second-order valence-corrected chi connectivity index (χ2v) is 5.49. The van der Waals surface area contributed by atoms with E-state index in [2.05, 4.69) is 5.32 Å². The number of nitrogens with two attached hydrogens (primary N) is 1. The normalized spacial score (nSPS) is 16.1. The smallest absolute Gasteiger partial charge is 0.251 e. The molecule has 0 spiro atoms. The van der Waals surface area contributed by atoms with Gasteiger partial charge in [0.1, 0.15) is 5.82 Å². The predicted molar refractivity (Wildman–Crippen MR) is 78.3 cm³/mol. The van der Waals surface area contributed by atoms with Gasteiger partial charge < -0.3 is 16.0 Å². The fourth-order valence-electron chi connectivity index (χ4n) is 2.41. The van der Waals surface area contributed by atoms with Crippen LogP contribution in [0.25, 0.3) is 0 Å². The van der Waals surface area contributed by atoms with E-state index in [4.69, 9.17) is 5.73 Å². The molecule has 0 saturated carbocycles. The average Bonchev–Trinajstić information content (AvgIpc) is 2.80. The van der Waals surface area contributed by atoms with Crippen LogP contribution < -0.4 is 11.1 Å². The molecule has 0 aromatic heterocycles. The molecule has 114 valence electrons. The number of nitrogens with one attached hydrogen (secondary N) is 1. The Morgan fingerprint density at radius 1 is 1.52 bits per heavy atom. The van der Waals surface area contributed by atoms with Crippen molar-refractivity contribution >= 4 is 17.5 Å². The molecule has 2 amide bonds. The highest BCUT2D eigenvalue weighted by Gasteiger charge is 2.22. The number of amides is 2. The van der Waals surface area contributed by atoms with Crippen molar-refractivity contribution in [3.63, 3.8) is 0 Å². The summed E-state index contributed by atoms with van der Waals surface area (Å²) >= 11 is 0. The van der Waals surface area contributed by atoms with Crippen LogP contribution in [0.2, 0.25) is 0 Å². The summed E-state index contributed by atoms with van der Waals surface area (Å²) in [5.74, 6) is -0.774. The van der Waals surface area contributed by atoms with E-state index in [1.54, 1.807) is 11.8 Å². The molecule has 1 atom stereocenters. The first-order valence-electron chi connectivity index (χ1n) is 7.02. The molecular formula is C15H20FN3O2. The fourth-order valence-corrected chi connectivity index (χ4v) is 2.41. The fraction of sp³-hybridized carbons (Fsp3) is 0.467. The standard InChI is InChI=1S/C15H20FN3O2/c1-9(8-19-5-3-4-14(19)20)18-15(21)11-6-12(16)10(2)13(17)7-11/h6-7,9H,3-5,8,17H2,1-2H3,(H,18,21). The van der Waals surface area contributed by atoms with Crippen molar-refractivity contribution in [1.82, 2.24) is 10.2 Å². The number of nitrogens with zero attached hydrogens (tertiary/aromatic N) is 1. The molecule has 0 radical (unpaired) electrons. The summed E-state index contributed by atoms with van der Waals surface area (Å²) in [6.07, 6.45) is 1.43. The van der Waals surface area contributed by atoms with E-state index in [1.807, 2.05) is 6.92 Å². The molecule has 0 bridgehead atoms. The summed E-state index contributed by atoms with van der Waals surface area (Å²) < 4.78 is 13.6. The van der Waals surface area contributed by atoms with Gasteiger partial charge in [0.05, 0.1) is 0 Å². The lowest BCUT2D eigenvalue weighted by molar-refractivity contribution is -0.127. The summed E-state index contributed by atoms with van der Waals surface area (Å²) in [7, 11) is 0. The Kier molecular flexibility index (Phi) is 4.45. The number of benzene rings is 1. The summed E-state index contributed by atoms with van der Waals surface area (Å²) in [4.78, 5) is 25.4. The molecule has 3 N–H and O–H groups in total. The number of rotatable bonds is 4. The largest absolute Gasteiger partial charge is 0.398 e. The number of carbonyl (C=O) groups is 2. The number of hydrogen-bond acceptors (Lipinski definition) is 3. The zero-order valence-corrected chi connectivity index (χ0v) is 12.3. The molecule has 6 heteroatoms. The Balaban J connectivity index is 1.99. The Bertz CT molecular complexity index is 551. The average molecular weight is 293 g/mol. The van der Waals surface area contributed by atoms with Gasteiger partial charge >= 0.3 is 0 Å². The van der Waals surface area contributed by atoms with Gasteiger partial charge in [-0.1, -0.05) is 0 Å². The summed E-state index contributed by atoms with van der Waals surface area (Å²) in [5.41, 5.74) is 6.45. The van der Waals surface area contributed by atoms with Crippen molar-refractivity contribution in [3.8, 4) is 0 Å². The molecule has 1 saturated heterocycles. The van der Waals surface area contributed by atoms with Gasteiger partial charge in [-0.05, 0) is 32.4 Å². The number of carbonyl (C=O) groups excluding carboxylic acids is 2. The van der Waals surface area contributed by atoms with Crippen LogP contribution in [0.3, 0.4) is 0 Å². The third-order valence-electron chi connectivity index (χ3n) is 3.69. The van der Waals surface area contributed by atoms with Crippen LogP contribution in [0.4, 0.5) is 10.1 Å². The Hall–Kier alpha value is -2.11. The van der Waals surface area contributed by atoms with Crippen molar-refractivity contribution in [2.45, 2.75) is 32.7 Å². The van der Waals surface area contributed by atoms with Gasteiger partial charge in [-0.2, -0.15) is 0 Å². The monoisotopic (exact) mass is 293 g/mol. The second kappa shape index (κ2) is 6.11. The van der Waals surface area contributed by atoms with Gasteiger partial charge in [0.25, 0.3) is 5.91 Å². The van der Waals surface area contributed by atoms with E-state index in [1.165, 1.54) is 12.1 Å². The third-order valence-corrected chi connectivity index (χ3v) is 3.69. The molecular weight excluding hydrogens is 273 g/mol. The predicted octanol–water partition coefficient (Wildman–Crippen LogP) is 1.46. The molecule has 1 unspecified atom stereocenters. The molecule has 1 aromatic rings. The van der Waals surface area contributed by atoms with Crippen LogP contribution in [-0.4, -0.2) is 35.8 Å². The minimum atomic E-state index is -0.498. The molecule has 5 nitrogen and oxygen atoms in total. The minimum absolute atomic E-state index is 0.113. The number of halogens is 1. The number of anilines is 1. The van der Waals surface area contributed by atoms with Crippen LogP contribution in [0.5, 0.6) is 0 Å². The van der Waals surface area contributed by atoms with Crippen molar-refractivity contribution in [3.05, 3.63) is 29.1 Å². The molecule has 1 aliphatic rings. The van der Waals surface area contributed by atoms with Crippen molar-refractivity contribution in [2.75, 3.05) is 18.8 Å². The van der Waals surface area contributed by atoms with Crippen molar-refractivity contribution in [2.24, 2.45) is 0 Å². The first kappa shape index (κ1) is 15.3. The molecule has 1 aliphatic heterocycles. The van der Waals surface area contributed by atoms with Crippen molar-refractivity contribution in [1.29, 1.82) is 0 Å². The first-order valence-corrected chi connectivity index (χ1v) is 7.02. The van der Waals surface area contributed by atoms with Gasteiger partial charge in [0, 0.05) is 42.4 Å². The SMILES string of the molecule is Cc1c(N)cc(C(=O)NC(C)CN2CCCC2=O)cc1F. The molecule has 1 aromatic carbocycles. The van der Waals surface area contributed by atoms with Crippen LogP contribution >= 0.6 is 0 Å². The van der Waals surface area contributed by atoms with Gasteiger partial charge in [-0.3, -0.25) is 9.59 Å². The lowest BCUT2D eigenvalue weighted by Gasteiger charge is -2.21. The Labute approximate surface area is 123 Å². The molecule has 2 rings (SSSR count). The van der Waals surface area contributed by atoms with Crippen LogP contribution in [0, 0.1) is 12.7 Å². The van der Waals surface area contributed by atoms with E-state index >= 15 is 0 Å². The summed E-state index contributed by atoms with van der Waals surface area (Å²) in [5, 5.41) is 2.76. The quantitative estimate of drug-likeness (QED) is 0.825. The first-order chi connectivity index (χ1) is 9.88. The lowest BCUT2D eigenvalue weighted by Crippen LogP contribution is -2.42. The minimum Gasteiger partial charge on any atom is -0.398 e. The number of hydrogen-bond donors (Lipinski definition) is 2. The van der Waals surface area contributed by atoms with Gasteiger partial charge in [0.2, 0.25) is 5.91 Å².